The number of hydrogen-bond acceptors (Lipinski definition) is 6. The van der Waals surface area contributed by atoms with Gasteiger partial charge in [-0.1, -0.05) is 42.5 Å². The van der Waals surface area contributed by atoms with E-state index in [1.54, 1.807) is 6.21 Å². The molecule has 11 heteroatoms. The SMILES string of the molecule is Cc1cccc(C)c1-n1c(C)cs/c1=N\N=C\c1ccc(-c2ncn(-c3ccc(OC(F)(F)F)cc3)n2)cc1. The van der Waals surface area contributed by atoms with Crippen molar-refractivity contribution in [2.75, 3.05) is 0 Å². The number of alkyl halides is 3. The van der Waals surface area contributed by atoms with Gasteiger partial charge in [0, 0.05) is 16.6 Å². The molecule has 0 bridgehead atoms. The third-order valence-electron chi connectivity index (χ3n) is 5.89. The molecule has 0 N–H and O–H groups in total. The maximum Gasteiger partial charge on any atom is 0.573 e. The molecule has 0 amide bonds. The molecular weight excluding hydrogens is 525 g/mol. The fourth-order valence-corrected chi connectivity index (χ4v) is 4.89. The monoisotopic (exact) mass is 548 g/mol. The normalized spacial score (nSPS) is 12.4. The minimum atomic E-state index is -4.74. The Balaban J connectivity index is 1.31. The number of benzene rings is 3. The van der Waals surface area contributed by atoms with Crippen molar-refractivity contribution in [2.45, 2.75) is 27.1 Å². The highest BCUT2D eigenvalue weighted by Gasteiger charge is 2.31. The Kier molecular flexibility index (Phi) is 7.16. The Morgan fingerprint density at radius 2 is 1.62 bits per heavy atom. The van der Waals surface area contributed by atoms with Crippen molar-refractivity contribution < 1.29 is 17.9 Å². The lowest BCUT2D eigenvalue weighted by Crippen LogP contribution is -2.17. The quantitative estimate of drug-likeness (QED) is 0.179. The van der Waals surface area contributed by atoms with Crippen LogP contribution in [0.25, 0.3) is 22.8 Å². The molecule has 0 aliphatic carbocycles. The molecule has 7 nitrogen and oxygen atoms in total. The maximum atomic E-state index is 12.4. The third kappa shape index (κ3) is 5.99. The molecule has 0 saturated heterocycles. The van der Waals surface area contributed by atoms with E-state index in [0.717, 1.165) is 27.3 Å². The first kappa shape index (κ1) is 26.1. The summed E-state index contributed by atoms with van der Waals surface area (Å²) in [4.78, 5) is 5.10. The summed E-state index contributed by atoms with van der Waals surface area (Å²) in [6.45, 7) is 6.22. The van der Waals surface area contributed by atoms with E-state index in [2.05, 4.69) is 67.9 Å². The summed E-state index contributed by atoms with van der Waals surface area (Å²) in [6.07, 6.45) is -1.56. The molecule has 3 aromatic carbocycles. The van der Waals surface area contributed by atoms with E-state index in [1.165, 1.54) is 57.7 Å². The maximum absolute atomic E-state index is 12.4. The molecule has 198 valence electrons. The number of thiazole rings is 1. The Hall–Kier alpha value is -4.51. The summed E-state index contributed by atoms with van der Waals surface area (Å²) >= 11 is 1.53. The van der Waals surface area contributed by atoms with E-state index >= 15 is 0 Å². The smallest absolute Gasteiger partial charge is 0.406 e. The summed E-state index contributed by atoms with van der Waals surface area (Å²) in [7, 11) is 0. The van der Waals surface area contributed by atoms with Gasteiger partial charge in [0.2, 0.25) is 4.80 Å². The summed E-state index contributed by atoms with van der Waals surface area (Å²) in [6, 6.07) is 19.1. The lowest BCUT2D eigenvalue weighted by Gasteiger charge is -2.12. The second kappa shape index (κ2) is 10.7. The molecule has 39 heavy (non-hydrogen) atoms. The van der Waals surface area contributed by atoms with Gasteiger partial charge in [0.15, 0.2) is 5.82 Å². The van der Waals surface area contributed by atoms with E-state index in [-0.39, 0.29) is 5.75 Å². The number of hydrogen-bond donors (Lipinski definition) is 0. The highest BCUT2D eigenvalue weighted by atomic mass is 32.1. The lowest BCUT2D eigenvalue weighted by molar-refractivity contribution is -0.274. The van der Waals surface area contributed by atoms with Crippen LogP contribution in [0.1, 0.15) is 22.4 Å². The van der Waals surface area contributed by atoms with Crippen molar-refractivity contribution in [1.29, 1.82) is 0 Å². The third-order valence-corrected chi connectivity index (χ3v) is 6.82. The van der Waals surface area contributed by atoms with E-state index in [1.807, 2.05) is 30.3 Å². The minimum Gasteiger partial charge on any atom is -0.406 e. The van der Waals surface area contributed by atoms with Crippen molar-refractivity contribution in [3.63, 3.8) is 0 Å². The second-order valence-corrected chi connectivity index (χ2v) is 9.59. The summed E-state index contributed by atoms with van der Waals surface area (Å²) < 4.78 is 44.6. The van der Waals surface area contributed by atoms with Crippen molar-refractivity contribution >= 4 is 17.6 Å². The molecule has 0 spiro atoms. The highest BCUT2D eigenvalue weighted by Crippen LogP contribution is 2.24. The van der Waals surface area contributed by atoms with Crippen LogP contribution in [0.2, 0.25) is 0 Å². The Bertz CT molecular complexity index is 1680. The molecule has 0 atom stereocenters. The molecule has 5 rings (SSSR count). The van der Waals surface area contributed by atoms with E-state index in [4.69, 9.17) is 0 Å². The van der Waals surface area contributed by atoms with Gasteiger partial charge in [-0.3, -0.25) is 4.57 Å². The van der Waals surface area contributed by atoms with Crippen molar-refractivity contribution in [3.8, 4) is 28.5 Å². The number of halogens is 3. The van der Waals surface area contributed by atoms with Gasteiger partial charge in [0.05, 0.1) is 17.6 Å². The first-order valence-corrected chi connectivity index (χ1v) is 12.7. The summed E-state index contributed by atoms with van der Waals surface area (Å²) in [5.74, 6) is 0.174. The zero-order valence-corrected chi connectivity index (χ0v) is 22.0. The predicted octanol–water partition coefficient (Wildman–Crippen LogP) is 6.55. The molecule has 5 aromatic rings. The summed E-state index contributed by atoms with van der Waals surface area (Å²) in [5.41, 5.74) is 6.73. The molecule has 0 unspecified atom stereocenters. The van der Waals surface area contributed by atoms with Crippen LogP contribution < -0.4 is 9.54 Å². The van der Waals surface area contributed by atoms with Gasteiger partial charge in [-0.25, -0.2) is 9.67 Å². The van der Waals surface area contributed by atoms with Gasteiger partial charge >= 0.3 is 6.36 Å². The molecule has 2 heterocycles. The average molecular weight is 549 g/mol. The number of aromatic nitrogens is 4. The van der Waals surface area contributed by atoms with E-state index < -0.39 is 6.36 Å². The molecule has 0 saturated carbocycles. The van der Waals surface area contributed by atoms with Crippen molar-refractivity contribution in [2.24, 2.45) is 10.2 Å². The van der Waals surface area contributed by atoms with Gasteiger partial charge in [0.25, 0.3) is 0 Å². The Morgan fingerprint density at radius 1 is 0.923 bits per heavy atom. The number of para-hydroxylation sites is 1. The van der Waals surface area contributed by atoms with E-state index in [9.17, 15) is 13.2 Å². The average Bonchev–Trinajstić information content (AvgIpc) is 3.52. The second-order valence-electron chi connectivity index (χ2n) is 8.76. The highest BCUT2D eigenvalue weighted by molar-refractivity contribution is 7.07. The largest absolute Gasteiger partial charge is 0.573 e. The fourth-order valence-electron chi connectivity index (χ4n) is 4.08. The number of aryl methyl sites for hydroxylation is 3. The number of ether oxygens (including phenoxy) is 1. The van der Waals surface area contributed by atoms with Crippen LogP contribution >= 0.6 is 11.3 Å². The molecule has 2 aromatic heterocycles. The van der Waals surface area contributed by atoms with Crippen molar-refractivity contribution in [3.05, 3.63) is 106 Å². The van der Waals surface area contributed by atoms with Crippen LogP contribution in [0.5, 0.6) is 5.75 Å². The van der Waals surface area contributed by atoms with Crippen LogP contribution in [-0.2, 0) is 0 Å². The number of nitrogens with zero attached hydrogens (tertiary/aromatic N) is 6. The van der Waals surface area contributed by atoms with Gasteiger partial charge < -0.3 is 4.74 Å². The van der Waals surface area contributed by atoms with Crippen LogP contribution in [-0.4, -0.2) is 31.9 Å². The van der Waals surface area contributed by atoms with Crippen LogP contribution in [0.15, 0.2) is 88.6 Å². The van der Waals surface area contributed by atoms with Gasteiger partial charge in [-0.15, -0.1) is 34.7 Å². The topological polar surface area (TPSA) is 69.6 Å². The first-order valence-electron chi connectivity index (χ1n) is 11.9. The zero-order chi connectivity index (χ0) is 27.6. The van der Waals surface area contributed by atoms with Crippen LogP contribution in [0.4, 0.5) is 13.2 Å². The molecular formula is C28H23F3N6OS. The molecule has 0 radical (unpaired) electrons. The van der Waals surface area contributed by atoms with Gasteiger partial charge in [-0.2, -0.15) is 5.10 Å². The van der Waals surface area contributed by atoms with Gasteiger partial charge in [-0.05, 0) is 61.7 Å². The van der Waals surface area contributed by atoms with Crippen molar-refractivity contribution in [1.82, 2.24) is 19.3 Å². The minimum absolute atomic E-state index is 0.301. The standard InChI is InChI=1S/C28H23F3N6OS/c1-18-5-4-6-19(2)25(18)37-20(3)16-39-27(37)34-33-15-21-7-9-22(10-8-21)26-32-17-36(35-26)23-11-13-24(14-12-23)38-28(29,30)31/h4-17H,1-3H3/b33-15+,34-27-. The fraction of sp³-hybridized carbons (Fsp3) is 0.143. The Labute approximate surface area is 226 Å². The van der Waals surface area contributed by atoms with Crippen LogP contribution in [0, 0.1) is 20.8 Å². The first-order chi connectivity index (χ1) is 18.7. The lowest BCUT2D eigenvalue weighted by atomic mass is 10.1. The molecule has 0 fully saturated rings. The molecule has 0 aliphatic rings. The Morgan fingerprint density at radius 3 is 2.28 bits per heavy atom. The predicted molar refractivity (Wildman–Crippen MR) is 144 cm³/mol. The van der Waals surface area contributed by atoms with Crippen LogP contribution in [0.3, 0.4) is 0 Å². The number of rotatable bonds is 6. The molecule has 0 aliphatic heterocycles. The van der Waals surface area contributed by atoms with Gasteiger partial charge in [0.1, 0.15) is 12.1 Å². The van der Waals surface area contributed by atoms with E-state index in [0.29, 0.717) is 11.5 Å². The zero-order valence-electron chi connectivity index (χ0n) is 21.2. The summed E-state index contributed by atoms with van der Waals surface area (Å²) in [5, 5.41) is 15.3.